The SMILES string of the molecule is CC1CCCN1c1cccc(CCc2nc(N(C)C)c3cc(Cl)ccc3n2)n1.Cc1cccc2c(=O)[nH]c(CCc3cccc(N4CCCC4)n3)nc12. The molecule has 0 spiro atoms. The van der Waals surface area contributed by atoms with Crippen molar-refractivity contribution in [2.24, 2.45) is 0 Å². The topological polar surface area (TPSA) is 107 Å². The minimum atomic E-state index is -0.0672. The van der Waals surface area contributed by atoms with Crippen molar-refractivity contribution in [2.75, 3.05) is 48.4 Å². The number of aromatic amines is 1. The summed E-state index contributed by atoms with van der Waals surface area (Å²) in [5.41, 5.74) is 4.80. The number of nitrogens with zero attached hydrogens (tertiary/aromatic N) is 8. The Morgan fingerprint density at radius 2 is 1.49 bits per heavy atom. The second kappa shape index (κ2) is 16.3. The van der Waals surface area contributed by atoms with Gasteiger partial charge in [-0.15, -0.1) is 0 Å². The fourth-order valence-corrected chi connectivity index (χ4v) is 7.48. The second-order valence-electron chi connectivity index (χ2n) is 14.4. The monoisotopic (exact) mass is 729 g/mol. The van der Waals surface area contributed by atoms with Crippen molar-refractivity contribution in [3.05, 3.63) is 117 Å². The van der Waals surface area contributed by atoms with E-state index in [4.69, 9.17) is 31.5 Å². The lowest BCUT2D eigenvalue weighted by molar-refractivity contribution is 0.723. The van der Waals surface area contributed by atoms with Gasteiger partial charge in [0.25, 0.3) is 5.56 Å². The molecule has 2 aliphatic rings. The zero-order valence-corrected chi connectivity index (χ0v) is 31.9. The Hall–Kier alpha value is -5.09. The lowest BCUT2D eigenvalue weighted by Crippen LogP contribution is -2.27. The predicted molar refractivity (Wildman–Crippen MR) is 217 cm³/mol. The highest BCUT2D eigenvalue weighted by atomic mass is 35.5. The maximum Gasteiger partial charge on any atom is 0.258 e. The van der Waals surface area contributed by atoms with E-state index >= 15 is 0 Å². The van der Waals surface area contributed by atoms with Gasteiger partial charge in [0.2, 0.25) is 0 Å². The lowest BCUT2D eigenvalue weighted by Gasteiger charge is -2.23. The van der Waals surface area contributed by atoms with Gasteiger partial charge in [0.05, 0.1) is 16.4 Å². The van der Waals surface area contributed by atoms with Crippen LogP contribution in [0, 0.1) is 6.92 Å². The average molecular weight is 730 g/mol. The summed E-state index contributed by atoms with van der Waals surface area (Å²) < 4.78 is 0. The number of H-pyrrole nitrogens is 1. The van der Waals surface area contributed by atoms with Crippen LogP contribution in [-0.2, 0) is 25.7 Å². The van der Waals surface area contributed by atoms with E-state index in [1.54, 1.807) is 0 Å². The van der Waals surface area contributed by atoms with Gasteiger partial charge >= 0.3 is 0 Å². The summed E-state index contributed by atoms with van der Waals surface area (Å²) in [6.45, 7) is 7.55. The molecule has 0 saturated carbocycles. The highest BCUT2D eigenvalue weighted by molar-refractivity contribution is 6.31. The summed E-state index contributed by atoms with van der Waals surface area (Å²) >= 11 is 6.17. The van der Waals surface area contributed by atoms with Crippen molar-refractivity contribution >= 4 is 50.9 Å². The number of benzene rings is 2. The summed E-state index contributed by atoms with van der Waals surface area (Å²) in [5.74, 6) is 4.60. The number of para-hydroxylation sites is 1. The molecule has 10 nitrogen and oxygen atoms in total. The van der Waals surface area contributed by atoms with Crippen LogP contribution in [-0.4, -0.2) is 69.7 Å². The van der Waals surface area contributed by atoms with Crippen LogP contribution in [0.15, 0.2) is 77.6 Å². The molecule has 53 heavy (non-hydrogen) atoms. The zero-order valence-electron chi connectivity index (χ0n) is 31.1. The van der Waals surface area contributed by atoms with Crippen LogP contribution in [0.1, 0.15) is 61.2 Å². The van der Waals surface area contributed by atoms with E-state index in [-0.39, 0.29) is 5.56 Å². The van der Waals surface area contributed by atoms with E-state index in [0.29, 0.717) is 22.9 Å². The number of hydrogen-bond donors (Lipinski definition) is 1. The minimum Gasteiger partial charge on any atom is -0.362 e. The highest BCUT2D eigenvalue weighted by Crippen LogP contribution is 2.27. The molecule has 1 atom stereocenters. The van der Waals surface area contributed by atoms with Gasteiger partial charge in [-0.25, -0.2) is 24.9 Å². The Kier molecular flexibility index (Phi) is 11.1. The van der Waals surface area contributed by atoms with Gasteiger partial charge in [0.15, 0.2) is 0 Å². The number of anilines is 3. The number of halogens is 1. The molecule has 2 aromatic carbocycles. The molecule has 1 N–H and O–H groups in total. The quantitative estimate of drug-likeness (QED) is 0.162. The third-order valence-electron chi connectivity index (χ3n) is 10.2. The van der Waals surface area contributed by atoms with Crippen molar-refractivity contribution in [1.82, 2.24) is 29.9 Å². The van der Waals surface area contributed by atoms with Crippen LogP contribution in [0.5, 0.6) is 0 Å². The Morgan fingerprint density at radius 3 is 2.23 bits per heavy atom. The fourth-order valence-electron chi connectivity index (χ4n) is 7.31. The Bertz CT molecular complexity index is 2270. The first-order valence-corrected chi connectivity index (χ1v) is 19.1. The fraction of sp³-hybridized carbons (Fsp3) is 0.381. The predicted octanol–water partition coefficient (Wildman–Crippen LogP) is 7.53. The van der Waals surface area contributed by atoms with Crippen LogP contribution in [0.25, 0.3) is 21.8 Å². The number of aromatic nitrogens is 6. The first kappa shape index (κ1) is 36.3. The van der Waals surface area contributed by atoms with E-state index in [1.165, 1.54) is 25.7 Å². The molecular formula is C42H48ClN9O. The molecule has 1 unspecified atom stereocenters. The van der Waals surface area contributed by atoms with Crippen LogP contribution >= 0.6 is 11.6 Å². The first-order chi connectivity index (χ1) is 25.7. The maximum atomic E-state index is 12.3. The molecule has 2 aliphatic heterocycles. The molecule has 0 bridgehead atoms. The van der Waals surface area contributed by atoms with E-state index in [2.05, 4.69) is 57.0 Å². The number of rotatable bonds is 9. The molecule has 2 saturated heterocycles. The molecule has 274 valence electrons. The van der Waals surface area contributed by atoms with Crippen molar-refractivity contribution < 1.29 is 0 Å². The van der Waals surface area contributed by atoms with Crippen molar-refractivity contribution in [1.29, 1.82) is 0 Å². The number of aryl methyl sites for hydroxylation is 5. The highest BCUT2D eigenvalue weighted by Gasteiger charge is 2.21. The lowest BCUT2D eigenvalue weighted by atomic mass is 10.1. The van der Waals surface area contributed by atoms with Gasteiger partial charge in [-0.2, -0.15) is 0 Å². The molecular weight excluding hydrogens is 682 g/mol. The maximum absolute atomic E-state index is 12.3. The van der Waals surface area contributed by atoms with Gasteiger partial charge in [0.1, 0.15) is 29.1 Å². The van der Waals surface area contributed by atoms with E-state index in [9.17, 15) is 4.79 Å². The normalized spacial score (nSPS) is 15.6. The first-order valence-electron chi connectivity index (χ1n) is 18.8. The summed E-state index contributed by atoms with van der Waals surface area (Å²) in [6.07, 6.45) is 8.00. The Balaban J connectivity index is 0.000000165. The zero-order chi connectivity index (χ0) is 36.9. The molecule has 4 aromatic heterocycles. The minimum absolute atomic E-state index is 0.0672. The van der Waals surface area contributed by atoms with E-state index in [0.717, 1.165) is 101 Å². The number of pyridine rings is 2. The Morgan fingerprint density at radius 1 is 0.774 bits per heavy atom. The van der Waals surface area contributed by atoms with Crippen molar-refractivity contribution in [2.45, 2.75) is 71.3 Å². The van der Waals surface area contributed by atoms with E-state index in [1.807, 2.05) is 68.4 Å². The van der Waals surface area contributed by atoms with Gasteiger partial charge in [-0.3, -0.25) is 4.79 Å². The van der Waals surface area contributed by atoms with Gasteiger partial charge < -0.3 is 19.7 Å². The van der Waals surface area contributed by atoms with Crippen LogP contribution in [0.4, 0.5) is 17.5 Å². The van der Waals surface area contributed by atoms with Crippen LogP contribution < -0.4 is 20.3 Å². The molecule has 0 amide bonds. The number of fused-ring (bicyclic) bond motifs is 2. The Labute approximate surface area is 316 Å². The second-order valence-corrected chi connectivity index (χ2v) is 14.8. The summed E-state index contributed by atoms with van der Waals surface area (Å²) in [7, 11) is 3.99. The summed E-state index contributed by atoms with van der Waals surface area (Å²) in [5, 5.41) is 2.33. The standard InChI is InChI=1S/C22H26ClN5.C20H22N4O/c1-15-6-5-13-28(15)21-8-4-7-17(24-21)10-12-20-25-19-11-9-16(23)14-18(19)22(26-20)27(2)3;1-14-6-4-8-16-19(14)22-17(23-20(16)25)11-10-15-7-5-9-18(21-15)24-12-2-3-13-24/h4,7-9,11,14-15H,5-6,10,12-13H2,1-3H3;4-9H,2-3,10-13H2,1H3,(H,22,23,25). The van der Waals surface area contributed by atoms with Crippen LogP contribution in [0.3, 0.4) is 0 Å². The summed E-state index contributed by atoms with van der Waals surface area (Å²) in [6, 6.07) is 24.5. The van der Waals surface area contributed by atoms with E-state index < -0.39 is 0 Å². The van der Waals surface area contributed by atoms with Crippen molar-refractivity contribution in [3.63, 3.8) is 0 Å². The van der Waals surface area contributed by atoms with Crippen LogP contribution in [0.2, 0.25) is 5.02 Å². The smallest absolute Gasteiger partial charge is 0.258 e. The van der Waals surface area contributed by atoms with Crippen molar-refractivity contribution in [3.8, 4) is 0 Å². The van der Waals surface area contributed by atoms with Gasteiger partial charge in [-0.1, -0.05) is 35.9 Å². The molecule has 6 aromatic rings. The molecule has 8 rings (SSSR count). The molecule has 11 heteroatoms. The van der Waals surface area contributed by atoms with Gasteiger partial charge in [-0.05, 0) is 106 Å². The molecule has 2 fully saturated rings. The average Bonchev–Trinajstić information content (AvgIpc) is 3.86. The number of hydrogen-bond acceptors (Lipinski definition) is 9. The molecule has 6 heterocycles. The largest absolute Gasteiger partial charge is 0.362 e. The molecule has 0 radical (unpaired) electrons. The van der Waals surface area contributed by atoms with Gasteiger partial charge in [0, 0.05) is 74.4 Å². The molecule has 0 aliphatic carbocycles. The summed E-state index contributed by atoms with van der Waals surface area (Å²) in [4.78, 5) is 45.8. The third kappa shape index (κ3) is 8.60. The third-order valence-corrected chi connectivity index (χ3v) is 10.4. The number of nitrogens with one attached hydrogen (secondary N) is 1.